The minimum absolute atomic E-state index is 0.0499. The van der Waals surface area contributed by atoms with Crippen LogP contribution in [-0.4, -0.2) is 49.4 Å². The second kappa shape index (κ2) is 11.1. The summed E-state index contributed by atoms with van der Waals surface area (Å²) in [4.78, 5) is 28.8. The smallest absolute Gasteiger partial charge is 0.309 e. The van der Waals surface area contributed by atoms with Crippen molar-refractivity contribution in [2.75, 3.05) is 7.11 Å². The number of carboxylic acid groups (broad SMARTS) is 1. The number of nitrogens with zero attached hydrogens (tertiary/aromatic N) is 4. The fourth-order valence-corrected chi connectivity index (χ4v) is 4.13. The summed E-state index contributed by atoms with van der Waals surface area (Å²) in [5, 5.41) is 28.8. The Bertz CT molecular complexity index is 1400. The highest BCUT2D eigenvalue weighted by atomic mass is 16.5. The Kier molecular flexibility index (Phi) is 7.70. The topological polar surface area (TPSA) is 127 Å². The van der Waals surface area contributed by atoms with Crippen molar-refractivity contribution in [3.8, 4) is 17.0 Å². The molecule has 2 aromatic carbocycles. The molecule has 0 unspecified atom stereocenters. The Balaban J connectivity index is 1.37. The molecule has 0 aliphatic heterocycles. The normalized spacial score (nSPS) is 12.9. The van der Waals surface area contributed by atoms with Gasteiger partial charge in [0, 0.05) is 24.4 Å². The lowest BCUT2D eigenvalue weighted by Crippen LogP contribution is -2.32. The maximum atomic E-state index is 12.7. The summed E-state index contributed by atoms with van der Waals surface area (Å²) in [6, 6.07) is 16.8. The third kappa shape index (κ3) is 5.75. The van der Waals surface area contributed by atoms with Gasteiger partial charge in [0.2, 0.25) is 5.88 Å². The third-order valence-electron chi connectivity index (χ3n) is 6.27. The number of benzene rings is 2. The van der Waals surface area contributed by atoms with Gasteiger partial charge in [-0.25, -0.2) is 9.67 Å². The van der Waals surface area contributed by atoms with Crippen LogP contribution in [0.3, 0.4) is 0 Å². The number of fused-ring (bicyclic) bond motifs is 1. The number of aliphatic carboxylic acids is 1. The van der Waals surface area contributed by atoms with Gasteiger partial charge in [0.15, 0.2) is 0 Å². The fourth-order valence-electron chi connectivity index (χ4n) is 4.13. The molecule has 9 nitrogen and oxygen atoms in total. The monoisotopic (exact) mass is 488 g/mol. The highest BCUT2D eigenvalue weighted by Crippen LogP contribution is 2.22. The molecule has 4 aromatic rings. The molecule has 0 bridgehead atoms. The lowest BCUT2D eigenvalue weighted by atomic mass is 9.93. The van der Waals surface area contributed by atoms with Crippen LogP contribution in [0.5, 0.6) is 5.88 Å². The number of hydrogen-bond donors (Lipinski definition) is 2. The first kappa shape index (κ1) is 25.0. The third-order valence-corrected chi connectivity index (χ3v) is 6.27. The van der Waals surface area contributed by atoms with E-state index in [0.717, 1.165) is 26.9 Å². The van der Waals surface area contributed by atoms with Crippen LogP contribution < -0.4 is 10.3 Å². The number of aryl methyl sites for hydroxylation is 3. The molecule has 9 heteroatoms. The number of pyridine rings is 1. The molecule has 0 aliphatic rings. The number of ether oxygens (including phenoxy) is 1. The zero-order valence-electron chi connectivity index (χ0n) is 20.2. The summed E-state index contributed by atoms with van der Waals surface area (Å²) in [6.07, 6.45) is 1.52. The Labute approximate surface area is 208 Å². The van der Waals surface area contributed by atoms with Gasteiger partial charge < -0.3 is 14.9 Å². The molecule has 186 valence electrons. The van der Waals surface area contributed by atoms with E-state index in [0.29, 0.717) is 23.2 Å². The minimum atomic E-state index is -1.11. The predicted molar refractivity (Wildman–Crippen MR) is 135 cm³/mol. The van der Waals surface area contributed by atoms with Crippen LogP contribution >= 0.6 is 0 Å². The van der Waals surface area contributed by atoms with Crippen molar-refractivity contribution >= 4 is 16.9 Å². The second-order valence-corrected chi connectivity index (χ2v) is 8.76. The first-order valence-corrected chi connectivity index (χ1v) is 11.7. The highest BCUT2D eigenvalue weighted by molar-refractivity contribution is 5.77. The SMILES string of the molecule is COc1ccc(-c2ccc(CC[C@@H](O)[C@H](CCn3nnc4cc(C)ccc4c3=O)C(=O)O)cc2)cn1. The van der Waals surface area contributed by atoms with Crippen molar-refractivity contribution in [2.24, 2.45) is 5.92 Å². The molecular formula is C27H28N4O5. The maximum absolute atomic E-state index is 12.7. The van der Waals surface area contributed by atoms with Crippen LogP contribution in [0.25, 0.3) is 22.0 Å². The number of carboxylic acids is 1. The Morgan fingerprint density at radius 1 is 1.06 bits per heavy atom. The summed E-state index contributed by atoms with van der Waals surface area (Å²) in [6.45, 7) is 1.95. The van der Waals surface area contributed by atoms with Gasteiger partial charge >= 0.3 is 5.97 Å². The van der Waals surface area contributed by atoms with E-state index in [4.69, 9.17) is 4.74 Å². The number of methoxy groups -OCH3 is 1. The predicted octanol–water partition coefficient (Wildman–Crippen LogP) is 3.26. The maximum Gasteiger partial charge on any atom is 0.309 e. The molecule has 4 rings (SSSR count). The molecule has 36 heavy (non-hydrogen) atoms. The van der Waals surface area contributed by atoms with Gasteiger partial charge in [0.1, 0.15) is 5.52 Å². The van der Waals surface area contributed by atoms with Gasteiger partial charge in [0.25, 0.3) is 5.56 Å². The van der Waals surface area contributed by atoms with Crippen LogP contribution in [-0.2, 0) is 17.8 Å². The molecule has 0 saturated heterocycles. The molecule has 0 aliphatic carbocycles. The van der Waals surface area contributed by atoms with E-state index in [1.165, 1.54) is 0 Å². The quantitative estimate of drug-likeness (QED) is 0.348. The van der Waals surface area contributed by atoms with E-state index >= 15 is 0 Å². The van der Waals surface area contributed by atoms with Crippen LogP contribution in [0.2, 0.25) is 0 Å². The van der Waals surface area contributed by atoms with E-state index < -0.39 is 18.0 Å². The second-order valence-electron chi connectivity index (χ2n) is 8.76. The fraction of sp³-hybridized carbons (Fsp3) is 0.296. The van der Waals surface area contributed by atoms with E-state index in [2.05, 4.69) is 15.3 Å². The van der Waals surface area contributed by atoms with Crippen molar-refractivity contribution < 1.29 is 19.7 Å². The number of aromatic nitrogens is 4. The molecule has 2 aromatic heterocycles. The van der Waals surface area contributed by atoms with Crippen molar-refractivity contribution in [1.82, 2.24) is 20.0 Å². The molecule has 2 N–H and O–H groups in total. The van der Waals surface area contributed by atoms with Crippen LogP contribution in [0.4, 0.5) is 0 Å². The van der Waals surface area contributed by atoms with Gasteiger partial charge in [0.05, 0.1) is 24.5 Å². The van der Waals surface area contributed by atoms with E-state index in [1.807, 2.05) is 43.3 Å². The number of carbonyl (C=O) groups is 1. The summed E-state index contributed by atoms with van der Waals surface area (Å²) in [5.74, 6) is -1.59. The lowest BCUT2D eigenvalue weighted by molar-refractivity contribution is -0.146. The van der Waals surface area contributed by atoms with E-state index in [-0.39, 0.29) is 24.9 Å². The molecule has 0 saturated carbocycles. The zero-order valence-corrected chi connectivity index (χ0v) is 20.2. The van der Waals surface area contributed by atoms with Gasteiger partial charge in [-0.15, -0.1) is 5.10 Å². The van der Waals surface area contributed by atoms with Crippen molar-refractivity contribution in [2.45, 2.75) is 38.8 Å². The van der Waals surface area contributed by atoms with Crippen molar-refractivity contribution in [3.05, 3.63) is 82.3 Å². The minimum Gasteiger partial charge on any atom is -0.481 e. The van der Waals surface area contributed by atoms with Gasteiger partial charge in [-0.2, -0.15) is 0 Å². The van der Waals surface area contributed by atoms with Crippen LogP contribution in [0, 0.1) is 12.8 Å². The molecule has 2 atom stereocenters. The van der Waals surface area contributed by atoms with Crippen molar-refractivity contribution in [3.63, 3.8) is 0 Å². The van der Waals surface area contributed by atoms with Crippen molar-refractivity contribution in [1.29, 1.82) is 0 Å². The standard InChI is InChI=1S/C27H28N4O5/c1-17-3-10-21-23(15-17)29-30-31(26(21)33)14-13-22(27(34)35)24(32)11-6-18-4-7-19(8-5-18)20-9-12-25(36-2)28-16-20/h3-5,7-10,12,15-16,22,24,32H,6,11,13-14H2,1-2H3,(H,34,35)/t22-,24+/m0/s1. The largest absolute Gasteiger partial charge is 0.481 e. The summed E-state index contributed by atoms with van der Waals surface area (Å²) in [5.41, 5.74) is 4.07. The molecule has 2 heterocycles. The average molecular weight is 489 g/mol. The number of rotatable bonds is 10. The molecule has 0 radical (unpaired) electrons. The lowest BCUT2D eigenvalue weighted by Gasteiger charge is -2.19. The molecule has 0 amide bonds. The Morgan fingerprint density at radius 3 is 2.47 bits per heavy atom. The number of hydrogen-bond acceptors (Lipinski definition) is 7. The van der Waals surface area contributed by atoms with Crippen LogP contribution in [0.15, 0.2) is 65.6 Å². The Morgan fingerprint density at radius 2 is 1.81 bits per heavy atom. The molecular weight excluding hydrogens is 460 g/mol. The number of aliphatic hydroxyl groups is 1. The van der Waals surface area contributed by atoms with Gasteiger partial charge in [-0.05, 0) is 61.1 Å². The van der Waals surface area contributed by atoms with Crippen LogP contribution in [0.1, 0.15) is 24.0 Å². The van der Waals surface area contributed by atoms with Gasteiger partial charge in [-0.1, -0.05) is 35.5 Å². The summed E-state index contributed by atoms with van der Waals surface area (Å²) in [7, 11) is 1.57. The average Bonchev–Trinajstić information content (AvgIpc) is 2.89. The summed E-state index contributed by atoms with van der Waals surface area (Å²) < 4.78 is 6.24. The van der Waals surface area contributed by atoms with E-state index in [9.17, 15) is 19.8 Å². The number of aliphatic hydroxyl groups excluding tert-OH is 1. The Hall–Kier alpha value is -4.11. The first-order chi connectivity index (χ1) is 17.4. The molecule has 0 spiro atoms. The molecule has 0 fully saturated rings. The van der Waals surface area contributed by atoms with Gasteiger partial charge in [-0.3, -0.25) is 9.59 Å². The summed E-state index contributed by atoms with van der Waals surface area (Å²) >= 11 is 0. The highest BCUT2D eigenvalue weighted by Gasteiger charge is 2.26. The first-order valence-electron chi connectivity index (χ1n) is 11.7. The van der Waals surface area contributed by atoms with E-state index in [1.54, 1.807) is 31.5 Å². The zero-order chi connectivity index (χ0) is 25.7.